The van der Waals surface area contributed by atoms with Crippen molar-refractivity contribution in [3.8, 4) is 12.3 Å². The molecule has 0 saturated carbocycles. The Morgan fingerprint density at radius 1 is 1.50 bits per heavy atom. The summed E-state index contributed by atoms with van der Waals surface area (Å²) >= 11 is 0. The van der Waals surface area contributed by atoms with E-state index in [2.05, 4.69) is 17.9 Å². The van der Waals surface area contributed by atoms with E-state index in [0.29, 0.717) is 0 Å². The van der Waals surface area contributed by atoms with Crippen molar-refractivity contribution in [2.24, 2.45) is 5.73 Å². The third kappa shape index (κ3) is 1.50. The van der Waals surface area contributed by atoms with Crippen LogP contribution in [0.2, 0.25) is 0 Å². The lowest BCUT2D eigenvalue weighted by atomic mass is 9.90. The number of hydrogen-bond donors (Lipinski definition) is 1. The molecule has 0 aromatic rings. The minimum Gasteiger partial charge on any atom is -0.315 e. The molecule has 0 atom stereocenters. The van der Waals surface area contributed by atoms with Gasteiger partial charge in [0, 0.05) is 13.1 Å². The fourth-order valence-electron chi connectivity index (χ4n) is 1.16. The molecule has 0 aromatic heterocycles. The highest BCUT2D eigenvalue weighted by Gasteiger charge is 2.26. The van der Waals surface area contributed by atoms with Gasteiger partial charge in [-0.3, -0.25) is 0 Å². The van der Waals surface area contributed by atoms with Crippen molar-refractivity contribution in [2.45, 2.75) is 18.4 Å². The van der Waals surface area contributed by atoms with Crippen LogP contribution in [0.15, 0.2) is 0 Å². The summed E-state index contributed by atoms with van der Waals surface area (Å²) in [6.45, 7) is 2.06. The first kappa shape index (κ1) is 7.59. The van der Waals surface area contributed by atoms with Crippen LogP contribution in [0, 0.1) is 12.3 Å². The van der Waals surface area contributed by atoms with Crippen molar-refractivity contribution in [2.75, 3.05) is 20.1 Å². The van der Waals surface area contributed by atoms with Gasteiger partial charge in [0.25, 0.3) is 0 Å². The Hall–Kier alpha value is -0.520. The molecule has 0 radical (unpaired) electrons. The topological polar surface area (TPSA) is 29.3 Å². The normalized spacial score (nSPS) is 25.7. The highest BCUT2D eigenvalue weighted by atomic mass is 15.1. The zero-order chi connectivity index (χ0) is 7.61. The number of piperidine rings is 1. The van der Waals surface area contributed by atoms with Crippen LogP contribution < -0.4 is 5.73 Å². The quantitative estimate of drug-likeness (QED) is 0.479. The van der Waals surface area contributed by atoms with Crippen molar-refractivity contribution >= 4 is 0 Å². The Kier molecular flexibility index (Phi) is 1.98. The monoisotopic (exact) mass is 138 g/mol. The first-order valence-corrected chi connectivity index (χ1v) is 3.61. The maximum absolute atomic E-state index is 5.86. The molecule has 2 nitrogen and oxygen atoms in total. The van der Waals surface area contributed by atoms with Crippen molar-refractivity contribution in [1.29, 1.82) is 0 Å². The van der Waals surface area contributed by atoms with Crippen LogP contribution in [-0.4, -0.2) is 30.6 Å². The summed E-state index contributed by atoms with van der Waals surface area (Å²) in [5.41, 5.74) is 5.54. The van der Waals surface area contributed by atoms with E-state index in [0.717, 1.165) is 25.9 Å². The van der Waals surface area contributed by atoms with Gasteiger partial charge in [-0.2, -0.15) is 0 Å². The average molecular weight is 138 g/mol. The maximum atomic E-state index is 5.86. The predicted octanol–water partition coefficient (Wildman–Crippen LogP) is 0.0427. The zero-order valence-corrected chi connectivity index (χ0v) is 6.43. The van der Waals surface area contributed by atoms with E-state index >= 15 is 0 Å². The summed E-state index contributed by atoms with van der Waals surface area (Å²) in [7, 11) is 2.09. The molecule has 1 fully saturated rings. The first-order chi connectivity index (χ1) is 4.66. The Labute approximate surface area is 62.4 Å². The van der Waals surface area contributed by atoms with Gasteiger partial charge in [-0.25, -0.2) is 0 Å². The smallest absolute Gasteiger partial charge is 0.0797 e. The Morgan fingerprint density at radius 2 is 2.00 bits per heavy atom. The predicted molar refractivity (Wildman–Crippen MR) is 42.5 cm³/mol. The molecule has 0 amide bonds. The molecule has 1 aliphatic heterocycles. The van der Waals surface area contributed by atoms with Gasteiger partial charge in [-0.05, 0) is 19.9 Å². The Morgan fingerprint density at radius 3 is 2.40 bits per heavy atom. The average Bonchev–Trinajstić information content (AvgIpc) is 1.96. The van der Waals surface area contributed by atoms with Crippen molar-refractivity contribution < 1.29 is 0 Å². The molecular formula is C8H14N2. The van der Waals surface area contributed by atoms with Crippen LogP contribution in [-0.2, 0) is 0 Å². The lowest BCUT2D eigenvalue weighted by Crippen LogP contribution is -2.48. The van der Waals surface area contributed by atoms with Gasteiger partial charge in [-0.1, -0.05) is 5.92 Å². The van der Waals surface area contributed by atoms with Crippen LogP contribution >= 0.6 is 0 Å². The third-order valence-electron chi connectivity index (χ3n) is 2.17. The van der Waals surface area contributed by atoms with Gasteiger partial charge in [0.15, 0.2) is 0 Å². The summed E-state index contributed by atoms with van der Waals surface area (Å²) < 4.78 is 0. The van der Waals surface area contributed by atoms with Crippen LogP contribution in [0.1, 0.15) is 12.8 Å². The molecule has 56 valence electrons. The molecule has 1 aliphatic rings. The minimum atomic E-state index is -0.313. The lowest BCUT2D eigenvalue weighted by Gasteiger charge is -2.33. The summed E-state index contributed by atoms with van der Waals surface area (Å²) in [6.07, 6.45) is 7.15. The lowest BCUT2D eigenvalue weighted by molar-refractivity contribution is 0.226. The van der Waals surface area contributed by atoms with Crippen molar-refractivity contribution in [3.63, 3.8) is 0 Å². The molecule has 0 bridgehead atoms. The van der Waals surface area contributed by atoms with Gasteiger partial charge < -0.3 is 10.6 Å². The van der Waals surface area contributed by atoms with Crippen molar-refractivity contribution in [3.05, 3.63) is 0 Å². The number of nitrogens with two attached hydrogens (primary N) is 1. The molecule has 0 aliphatic carbocycles. The number of nitrogens with zero attached hydrogens (tertiary/aromatic N) is 1. The fraction of sp³-hybridized carbons (Fsp3) is 0.750. The van der Waals surface area contributed by atoms with E-state index in [-0.39, 0.29) is 5.54 Å². The SMILES string of the molecule is C#CC1(N)CCN(C)CC1. The molecule has 1 saturated heterocycles. The highest BCUT2D eigenvalue weighted by Crippen LogP contribution is 2.16. The zero-order valence-electron chi connectivity index (χ0n) is 6.43. The Balaban J connectivity index is 2.48. The second-order valence-corrected chi connectivity index (χ2v) is 3.10. The second kappa shape index (κ2) is 2.61. The van der Waals surface area contributed by atoms with Crippen molar-refractivity contribution in [1.82, 2.24) is 4.90 Å². The molecule has 1 heterocycles. The number of likely N-dealkylation sites (tertiary alicyclic amines) is 1. The standard InChI is InChI=1S/C8H14N2/c1-3-8(9)4-6-10(2)7-5-8/h1H,4-7,9H2,2H3. The molecule has 2 N–H and O–H groups in total. The first-order valence-electron chi connectivity index (χ1n) is 3.61. The maximum Gasteiger partial charge on any atom is 0.0797 e. The Bertz CT molecular complexity index is 149. The van der Waals surface area contributed by atoms with Crippen LogP contribution in [0.4, 0.5) is 0 Å². The molecular weight excluding hydrogens is 124 g/mol. The molecule has 1 rings (SSSR count). The summed E-state index contributed by atoms with van der Waals surface area (Å²) in [5.74, 6) is 2.65. The van der Waals surface area contributed by atoms with Gasteiger partial charge in [0.1, 0.15) is 0 Å². The number of hydrogen-bond acceptors (Lipinski definition) is 2. The minimum absolute atomic E-state index is 0.313. The van der Waals surface area contributed by atoms with Gasteiger partial charge in [-0.15, -0.1) is 6.42 Å². The summed E-state index contributed by atoms with van der Waals surface area (Å²) in [6, 6.07) is 0. The van der Waals surface area contributed by atoms with E-state index in [1.54, 1.807) is 0 Å². The summed E-state index contributed by atoms with van der Waals surface area (Å²) in [5, 5.41) is 0. The van der Waals surface area contributed by atoms with E-state index in [4.69, 9.17) is 12.2 Å². The van der Waals surface area contributed by atoms with Gasteiger partial charge in [0.2, 0.25) is 0 Å². The number of terminal acetylenes is 1. The molecule has 0 unspecified atom stereocenters. The van der Waals surface area contributed by atoms with Crippen LogP contribution in [0.25, 0.3) is 0 Å². The van der Waals surface area contributed by atoms with E-state index < -0.39 is 0 Å². The highest BCUT2D eigenvalue weighted by molar-refractivity contribution is 5.12. The largest absolute Gasteiger partial charge is 0.315 e. The van der Waals surface area contributed by atoms with Crippen LogP contribution in [0.3, 0.4) is 0 Å². The van der Waals surface area contributed by atoms with E-state index in [1.807, 2.05) is 0 Å². The molecule has 0 aromatic carbocycles. The third-order valence-corrected chi connectivity index (χ3v) is 2.17. The summed E-state index contributed by atoms with van der Waals surface area (Å²) in [4.78, 5) is 2.25. The van der Waals surface area contributed by atoms with Gasteiger partial charge >= 0.3 is 0 Å². The van der Waals surface area contributed by atoms with E-state index in [1.165, 1.54) is 0 Å². The van der Waals surface area contributed by atoms with Crippen LogP contribution in [0.5, 0.6) is 0 Å². The number of rotatable bonds is 0. The fourth-order valence-corrected chi connectivity index (χ4v) is 1.16. The second-order valence-electron chi connectivity index (χ2n) is 3.10. The molecule has 2 heteroatoms. The van der Waals surface area contributed by atoms with E-state index in [9.17, 15) is 0 Å². The van der Waals surface area contributed by atoms with Gasteiger partial charge in [0.05, 0.1) is 5.54 Å². The molecule has 10 heavy (non-hydrogen) atoms. The molecule has 0 spiro atoms.